The highest BCUT2D eigenvalue weighted by molar-refractivity contribution is 7.80. The Hall–Kier alpha value is -1.49. The van der Waals surface area contributed by atoms with Crippen molar-refractivity contribution in [1.29, 1.82) is 0 Å². The molecule has 1 saturated carbocycles. The molecule has 23 heavy (non-hydrogen) atoms. The van der Waals surface area contributed by atoms with Crippen molar-refractivity contribution in [2.75, 3.05) is 6.54 Å². The fourth-order valence-corrected chi connectivity index (χ4v) is 3.93. The van der Waals surface area contributed by atoms with E-state index in [4.69, 9.17) is 0 Å². The van der Waals surface area contributed by atoms with Gasteiger partial charge in [0.2, 0.25) is 0 Å². The minimum absolute atomic E-state index is 0.103. The molecule has 2 aliphatic rings. The number of benzene rings is 1. The van der Waals surface area contributed by atoms with Gasteiger partial charge in [-0.25, -0.2) is 4.79 Å². The second-order valence-corrected chi connectivity index (χ2v) is 7.07. The Morgan fingerprint density at radius 2 is 1.78 bits per heavy atom. The Labute approximate surface area is 143 Å². The van der Waals surface area contributed by atoms with E-state index >= 15 is 0 Å². The first-order chi connectivity index (χ1) is 11.2. The van der Waals surface area contributed by atoms with Gasteiger partial charge in [-0.15, -0.1) is 0 Å². The SMILES string of the molecule is O=C1CN(C2CCCCC2)C(=O)N1C(S)CCc1ccccc1. The number of imide groups is 1. The molecule has 3 rings (SSSR count). The van der Waals surface area contributed by atoms with Crippen molar-refractivity contribution >= 4 is 24.6 Å². The summed E-state index contributed by atoms with van der Waals surface area (Å²) in [5, 5.41) is -0.344. The van der Waals surface area contributed by atoms with Crippen LogP contribution in [0.4, 0.5) is 4.79 Å². The second-order valence-electron chi connectivity index (χ2n) is 6.47. The first-order valence-corrected chi connectivity index (χ1v) is 9.03. The molecule has 1 aromatic rings. The van der Waals surface area contributed by atoms with Crippen LogP contribution >= 0.6 is 12.6 Å². The lowest BCUT2D eigenvalue weighted by Crippen LogP contribution is -2.42. The van der Waals surface area contributed by atoms with E-state index in [2.05, 4.69) is 24.8 Å². The topological polar surface area (TPSA) is 40.6 Å². The minimum atomic E-state index is -0.344. The molecule has 1 aromatic carbocycles. The zero-order valence-electron chi connectivity index (χ0n) is 13.4. The fourth-order valence-electron chi connectivity index (χ4n) is 3.58. The van der Waals surface area contributed by atoms with Crippen LogP contribution in [0.15, 0.2) is 30.3 Å². The Balaban J connectivity index is 1.60. The number of thiol groups is 1. The first kappa shape index (κ1) is 16.4. The summed E-state index contributed by atoms with van der Waals surface area (Å²) in [5.74, 6) is -0.103. The van der Waals surface area contributed by atoms with Crippen LogP contribution in [0.1, 0.15) is 44.1 Å². The summed E-state index contributed by atoms with van der Waals surface area (Å²) in [6.07, 6.45) is 7.09. The number of hydrogen-bond donors (Lipinski definition) is 1. The fraction of sp³-hybridized carbons (Fsp3) is 0.556. The van der Waals surface area contributed by atoms with E-state index in [1.807, 2.05) is 18.2 Å². The predicted octanol–water partition coefficient (Wildman–Crippen LogP) is 3.47. The molecule has 2 fully saturated rings. The number of carbonyl (C=O) groups excluding carboxylic acids is 2. The van der Waals surface area contributed by atoms with Crippen LogP contribution in [0.3, 0.4) is 0 Å². The summed E-state index contributed by atoms with van der Waals surface area (Å²) in [6.45, 7) is 0.228. The normalized spacial score (nSPS) is 21.1. The smallest absolute Gasteiger partial charge is 0.312 e. The molecular weight excluding hydrogens is 308 g/mol. The van der Waals surface area contributed by atoms with Gasteiger partial charge >= 0.3 is 6.03 Å². The van der Waals surface area contributed by atoms with Crippen molar-refractivity contribution < 1.29 is 9.59 Å². The van der Waals surface area contributed by atoms with Crippen LogP contribution in [-0.2, 0) is 11.2 Å². The van der Waals surface area contributed by atoms with Gasteiger partial charge in [0.15, 0.2) is 0 Å². The van der Waals surface area contributed by atoms with Crippen LogP contribution in [0, 0.1) is 0 Å². The molecule has 1 unspecified atom stereocenters. The van der Waals surface area contributed by atoms with Crippen molar-refractivity contribution in [1.82, 2.24) is 9.80 Å². The third-order valence-corrected chi connectivity index (χ3v) is 5.36. The van der Waals surface area contributed by atoms with Gasteiger partial charge in [0.1, 0.15) is 6.54 Å². The van der Waals surface area contributed by atoms with Gasteiger partial charge < -0.3 is 4.90 Å². The van der Waals surface area contributed by atoms with Gasteiger partial charge in [0.05, 0.1) is 5.37 Å². The maximum atomic E-state index is 12.7. The number of amides is 3. The highest BCUT2D eigenvalue weighted by Gasteiger charge is 2.42. The summed E-state index contributed by atoms with van der Waals surface area (Å²) in [6, 6.07) is 10.2. The Kier molecular flexibility index (Phi) is 5.26. The molecule has 124 valence electrons. The molecule has 0 N–H and O–H groups in total. The molecule has 0 spiro atoms. The zero-order valence-corrected chi connectivity index (χ0v) is 14.3. The van der Waals surface area contributed by atoms with Crippen LogP contribution in [-0.4, -0.2) is 39.7 Å². The lowest BCUT2D eigenvalue weighted by molar-refractivity contribution is -0.125. The maximum absolute atomic E-state index is 12.7. The zero-order chi connectivity index (χ0) is 16.2. The molecule has 3 amide bonds. The summed E-state index contributed by atoms with van der Waals surface area (Å²) in [5.41, 5.74) is 1.20. The second kappa shape index (κ2) is 7.39. The maximum Gasteiger partial charge on any atom is 0.328 e. The Morgan fingerprint density at radius 1 is 1.09 bits per heavy atom. The quantitative estimate of drug-likeness (QED) is 0.662. The summed E-state index contributed by atoms with van der Waals surface area (Å²) in [7, 11) is 0. The minimum Gasteiger partial charge on any atom is -0.312 e. The van der Waals surface area contributed by atoms with Gasteiger partial charge in [-0.1, -0.05) is 49.6 Å². The molecular formula is C18H24N2O2S. The van der Waals surface area contributed by atoms with E-state index < -0.39 is 0 Å². The monoisotopic (exact) mass is 332 g/mol. The molecule has 4 nitrogen and oxygen atoms in total. The van der Waals surface area contributed by atoms with Crippen LogP contribution in [0.25, 0.3) is 0 Å². The van der Waals surface area contributed by atoms with Gasteiger partial charge in [0, 0.05) is 6.04 Å². The van der Waals surface area contributed by atoms with Crippen LogP contribution in [0.2, 0.25) is 0 Å². The van der Waals surface area contributed by atoms with E-state index in [1.54, 1.807) is 4.90 Å². The lowest BCUT2D eigenvalue weighted by Gasteiger charge is -2.30. The average Bonchev–Trinajstić information content (AvgIpc) is 2.89. The average molecular weight is 332 g/mol. The van der Waals surface area contributed by atoms with Gasteiger partial charge in [-0.05, 0) is 31.2 Å². The van der Waals surface area contributed by atoms with Crippen molar-refractivity contribution in [2.45, 2.75) is 56.4 Å². The molecule has 0 radical (unpaired) electrons. The van der Waals surface area contributed by atoms with Crippen molar-refractivity contribution in [3.05, 3.63) is 35.9 Å². The van der Waals surface area contributed by atoms with Crippen LogP contribution in [0.5, 0.6) is 0 Å². The number of urea groups is 1. The standard InChI is InChI=1S/C18H24N2O2S/c21-16-13-19(15-9-5-2-6-10-15)18(22)20(16)17(23)12-11-14-7-3-1-4-8-14/h1,3-4,7-8,15,17,23H,2,5-6,9-13H2. The third-order valence-electron chi connectivity index (χ3n) is 4.87. The van der Waals surface area contributed by atoms with Gasteiger partial charge in [-0.3, -0.25) is 9.69 Å². The molecule has 1 aliphatic carbocycles. The van der Waals surface area contributed by atoms with Crippen LogP contribution < -0.4 is 0 Å². The van der Waals surface area contributed by atoms with E-state index in [9.17, 15) is 9.59 Å². The first-order valence-electron chi connectivity index (χ1n) is 8.51. The van der Waals surface area contributed by atoms with E-state index in [1.165, 1.54) is 16.9 Å². The molecule has 0 bridgehead atoms. The Morgan fingerprint density at radius 3 is 2.48 bits per heavy atom. The number of rotatable bonds is 5. The summed E-state index contributed by atoms with van der Waals surface area (Å²) >= 11 is 4.54. The summed E-state index contributed by atoms with van der Waals surface area (Å²) in [4.78, 5) is 28.1. The molecule has 1 saturated heterocycles. The highest BCUT2D eigenvalue weighted by atomic mass is 32.1. The number of hydrogen-bond acceptors (Lipinski definition) is 3. The Bertz CT molecular complexity index is 557. The molecule has 0 aromatic heterocycles. The van der Waals surface area contributed by atoms with Crippen molar-refractivity contribution in [2.24, 2.45) is 0 Å². The van der Waals surface area contributed by atoms with Gasteiger partial charge in [-0.2, -0.15) is 12.6 Å². The van der Waals surface area contributed by atoms with E-state index in [0.717, 1.165) is 32.1 Å². The van der Waals surface area contributed by atoms with Crippen molar-refractivity contribution in [3.63, 3.8) is 0 Å². The largest absolute Gasteiger partial charge is 0.328 e. The summed E-state index contributed by atoms with van der Waals surface area (Å²) < 4.78 is 0. The lowest BCUT2D eigenvalue weighted by atomic mass is 9.94. The number of aryl methyl sites for hydroxylation is 1. The molecule has 1 aliphatic heterocycles. The highest BCUT2D eigenvalue weighted by Crippen LogP contribution is 2.28. The van der Waals surface area contributed by atoms with E-state index in [-0.39, 0.29) is 29.9 Å². The number of carbonyl (C=O) groups is 2. The molecule has 5 heteroatoms. The van der Waals surface area contributed by atoms with Gasteiger partial charge in [0.25, 0.3) is 5.91 Å². The number of nitrogens with zero attached hydrogens (tertiary/aromatic N) is 2. The molecule has 1 atom stereocenters. The predicted molar refractivity (Wildman–Crippen MR) is 93.4 cm³/mol. The third kappa shape index (κ3) is 3.71. The molecule has 1 heterocycles. The van der Waals surface area contributed by atoms with Crippen molar-refractivity contribution in [3.8, 4) is 0 Å². The van der Waals surface area contributed by atoms with E-state index in [0.29, 0.717) is 6.42 Å².